The Morgan fingerprint density at radius 2 is 1.96 bits per heavy atom. The van der Waals surface area contributed by atoms with E-state index in [4.69, 9.17) is 4.74 Å². The number of halogens is 1. The van der Waals surface area contributed by atoms with Crippen molar-refractivity contribution in [2.75, 3.05) is 54.9 Å². The molecule has 0 aliphatic carbocycles. The van der Waals surface area contributed by atoms with Gasteiger partial charge in [-0.05, 0) is 6.07 Å². The van der Waals surface area contributed by atoms with Gasteiger partial charge in [0.15, 0.2) is 5.82 Å². The third-order valence-electron chi connectivity index (χ3n) is 4.04. The molecule has 1 N–H and O–H groups in total. The van der Waals surface area contributed by atoms with Gasteiger partial charge in [0.2, 0.25) is 16.0 Å². The zero-order chi connectivity index (χ0) is 19.4. The molecule has 1 aromatic carbocycles. The summed E-state index contributed by atoms with van der Waals surface area (Å²) in [4.78, 5) is 12.5. The van der Waals surface area contributed by atoms with Crippen molar-refractivity contribution in [2.24, 2.45) is 0 Å². The van der Waals surface area contributed by atoms with Crippen molar-refractivity contribution >= 4 is 27.5 Å². The van der Waals surface area contributed by atoms with Gasteiger partial charge in [0.25, 0.3) is 0 Å². The quantitative estimate of drug-likeness (QED) is 0.792. The zero-order valence-corrected chi connectivity index (χ0v) is 16.0. The number of nitrogens with one attached hydrogen (secondary N) is 1. The highest BCUT2D eigenvalue weighted by Gasteiger charge is 2.21. The van der Waals surface area contributed by atoms with E-state index < -0.39 is 21.6 Å². The van der Waals surface area contributed by atoms with Gasteiger partial charge in [0.05, 0.1) is 25.2 Å². The van der Waals surface area contributed by atoms with E-state index in [1.165, 1.54) is 24.4 Å². The summed E-state index contributed by atoms with van der Waals surface area (Å²) >= 11 is 0. The zero-order valence-electron chi connectivity index (χ0n) is 15.2. The monoisotopic (exact) mass is 395 g/mol. The average molecular weight is 395 g/mol. The van der Waals surface area contributed by atoms with Crippen LogP contribution in [-0.4, -0.2) is 58.8 Å². The molecule has 2 heterocycles. The van der Waals surface area contributed by atoms with Crippen molar-refractivity contribution in [3.63, 3.8) is 0 Å². The normalized spacial score (nSPS) is 14.9. The molecule has 146 valence electrons. The summed E-state index contributed by atoms with van der Waals surface area (Å²) < 4.78 is 46.6. The number of rotatable bonds is 6. The third-order valence-corrected chi connectivity index (χ3v) is 5.26. The summed E-state index contributed by atoms with van der Waals surface area (Å²) in [6.07, 6.45) is 1.44. The van der Waals surface area contributed by atoms with Crippen LogP contribution < -0.4 is 14.5 Å². The predicted molar refractivity (Wildman–Crippen MR) is 102 cm³/mol. The topological polar surface area (TPSA) is 87.7 Å². The van der Waals surface area contributed by atoms with Crippen molar-refractivity contribution in [2.45, 2.75) is 5.75 Å². The maximum absolute atomic E-state index is 13.8. The molecule has 0 unspecified atom stereocenters. The summed E-state index contributed by atoms with van der Waals surface area (Å²) in [7, 11) is -0.306. The standard InChI is InChI=1S/C17H22FN5O3S/c1-22(2)16-15(11-19-17(20-16)23-7-9-26-10-8-23)21-27(24,25)12-13-5-3-4-6-14(13)18/h3-6,11,21H,7-10,12H2,1-2H3. The molecular formula is C17H22FN5O3S. The van der Waals surface area contributed by atoms with Gasteiger partial charge in [-0.25, -0.2) is 17.8 Å². The number of benzene rings is 1. The maximum Gasteiger partial charge on any atom is 0.237 e. The molecule has 8 nitrogen and oxygen atoms in total. The fraction of sp³-hybridized carbons (Fsp3) is 0.412. The fourth-order valence-electron chi connectivity index (χ4n) is 2.72. The molecule has 10 heteroatoms. The van der Waals surface area contributed by atoms with Crippen LogP contribution in [0.1, 0.15) is 5.56 Å². The second-order valence-corrected chi connectivity index (χ2v) is 8.08. The number of hydrogen-bond donors (Lipinski definition) is 1. The lowest BCUT2D eigenvalue weighted by molar-refractivity contribution is 0.122. The predicted octanol–water partition coefficient (Wildman–Crippen LogP) is 1.46. The molecule has 0 radical (unpaired) electrons. The molecule has 1 aliphatic rings. The average Bonchev–Trinajstić information content (AvgIpc) is 2.64. The second kappa shape index (κ2) is 8.05. The first-order valence-corrected chi connectivity index (χ1v) is 10.1. The van der Waals surface area contributed by atoms with Gasteiger partial charge in [-0.15, -0.1) is 0 Å². The van der Waals surface area contributed by atoms with E-state index in [1.54, 1.807) is 25.1 Å². The van der Waals surface area contributed by atoms with Crippen LogP contribution in [0.25, 0.3) is 0 Å². The van der Waals surface area contributed by atoms with Crippen molar-refractivity contribution in [3.8, 4) is 0 Å². The van der Waals surface area contributed by atoms with Crippen molar-refractivity contribution < 1.29 is 17.5 Å². The maximum atomic E-state index is 13.8. The summed E-state index contributed by atoms with van der Waals surface area (Å²) in [6, 6.07) is 5.79. The summed E-state index contributed by atoms with van der Waals surface area (Å²) in [5.74, 6) is -0.0881. The van der Waals surface area contributed by atoms with Gasteiger partial charge in [-0.3, -0.25) is 4.72 Å². The Labute approximate surface area is 158 Å². The number of ether oxygens (including phenoxy) is 1. The highest BCUT2D eigenvalue weighted by molar-refractivity contribution is 7.91. The molecule has 2 aromatic rings. The van der Waals surface area contributed by atoms with E-state index in [0.29, 0.717) is 38.1 Å². The van der Waals surface area contributed by atoms with Gasteiger partial charge < -0.3 is 14.5 Å². The van der Waals surface area contributed by atoms with Crippen molar-refractivity contribution in [1.82, 2.24) is 9.97 Å². The Morgan fingerprint density at radius 1 is 1.26 bits per heavy atom. The summed E-state index contributed by atoms with van der Waals surface area (Å²) in [5, 5.41) is 0. The highest BCUT2D eigenvalue weighted by atomic mass is 32.2. The van der Waals surface area contributed by atoms with E-state index in [-0.39, 0.29) is 11.3 Å². The van der Waals surface area contributed by atoms with E-state index in [2.05, 4.69) is 14.7 Å². The van der Waals surface area contributed by atoms with Crippen LogP contribution in [0.4, 0.5) is 21.8 Å². The first-order valence-electron chi connectivity index (χ1n) is 8.47. The minimum Gasteiger partial charge on any atom is -0.378 e. The first-order chi connectivity index (χ1) is 12.9. The molecular weight excluding hydrogens is 373 g/mol. The molecule has 0 bridgehead atoms. The SMILES string of the molecule is CN(C)c1nc(N2CCOCC2)ncc1NS(=O)(=O)Cc1ccccc1F. The Morgan fingerprint density at radius 3 is 2.63 bits per heavy atom. The lowest BCUT2D eigenvalue weighted by Gasteiger charge is -2.28. The Bertz CT molecular complexity index is 901. The summed E-state index contributed by atoms with van der Waals surface area (Å²) in [5.41, 5.74) is 0.343. The molecule has 0 amide bonds. The molecule has 1 aromatic heterocycles. The molecule has 1 saturated heterocycles. The minimum atomic E-state index is -3.83. The van der Waals surface area contributed by atoms with Crippen LogP contribution in [0.15, 0.2) is 30.5 Å². The largest absolute Gasteiger partial charge is 0.378 e. The van der Waals surface area contributed by atoms with Crippen molar-refractivity contribution in [1.29, 1.82) is 0 Å². The Kier molecular flexibility index (Phi) is 5.76. The van der Waals surface area contributed by atoms with Gasteiger partial charge in [0.1, 0.15) is 11.5 Å². The lowest BCUT2D eigenvalue weighted by atomic mass is 10.2. The molecule has 1 aliphatic heterocycles. The van der Waals surface area contributed by atoms with E-state index in [1.807, 2.05) is 4.90 Å². The minimum absolute atomic E-state index is 0.0993. The van der Waals surface area contributed by atoms with Crippen LogP contribution in [0.5, 0.6) is 0 Å². The first kappa shape index (κ1) is 19.3. The highest BCUT2D eigenvalue weighted by Crippen LogP contribution is 2.26. The number of nitrogens with zero attached hydrogens (tertiary/aromatic N) is 4. The number of hydrogen-bond acceptors (Lipinski definition) is 7. The second-order valence-electron chi connectivity index (χ2n) is 6.35. The summed E-state index contributed by atoms with van der Waals surface area (Å²) in [6.45, 7) is 2.53. The molecule has 27 heavy (non-hydrogen) atoms. The molecule has 0 atom stereocenters. The third kappa shape index (κ3) is 4.83. The van der Waals surface area contributed by atoms with Crippen LogP contribution in [0.3, 0.4) is 0 Å². The molecule has 0 saturated carbocycles. The van der Waals surface area contributed by atoms with Crippen LogP contribution in [0.2, 0.25) is 0 Å². The van der Waals surface area contributed by atoms with Gasteiger partial charge in [-0.2, -0.15) is 4.98 Å². The smallest absolute Gasteiger partial charge is 0.237 e. The number of morpholine rings is 1. The van der Waals surface area contributed by atoms with Crippen LogP contribution >= 0.6 is 0 Å². The van der Waals surface area contributed by atoms with Crippen LogP contribution in [-0.2, 0) is 20.5 Å². The Balaban J connectivity index is 1.83. The molecule has 0 spiro atoms. The number of sulfonamides is 1. The van der Waals surface area contributed by atoms with E-state index >= 15 is 0 Å². The van der Waals surface area contributed by atoms with E-state index in [9.17, 15) is 12.8 Å². The lowest BCUT2D eigenvalue weighted by Crippen LogP contribution is -2.37. The van der Waals surface area contributed by atoms with Gasteiger partial charge in [-0.1, -0.05) is 18.2 Å². The molecule has 3 rings (SSSR count). The Hall–Kier alpha value is -2.46. The van der Waals surface area contributed by atoms with E-state index in [0.717, 1.165) is 0 Å². The van der Waals surface area contributed by atoms with Gasteiger partial charge in [0, 0.05) is 32.7 Å². The number of aromatic nitrogens is 2. The number of anilines is 3. The van der Waals surface area contributed by atoms with Crippen LogP contribution in [0, 0.1) is 5.82 Å². The van der Waals surface area contributed by atoms with Gasteiger partial charge >= 0.3 is 0 Å². The van der Waals surface area contributed by atoms with Crippen molar-refractivity contribution in [3.05, 3.63) is 41.8 Å². The molecule has 1 fully saturated rings. The fourth-order valence-corrected chi connectivity index (χ4v) is 3.91.